The average Bonchev–Trinajstić information content (AvgIpc) is 2.60. The summed E-state index contributed by atoms with van der Waals surface area (Å²) >= 11 is 1.72. The van der Waals surface area contributed by atoms with Crippen molar-refractivity contribution in [2.24, 2.45) is 0 Å². The number of rotatable bonds is 5. The summed E-state index contributed by atoms with van der Waals surface area (Å²) in [7, 11) is 0. The summed E-state index contributed by atoms with van der Waals surface area (Å²) in [6, 6.07) is 14.3. The normalized spacial score (nSPS) is 14.8. The number of hydrogen-bond acceptors (Lipinski definition) is 4. The van der Waals surface area contributed by atoms with Crippen LogP contribution in [-0.2, 0) is 9.59 Å². The van der Waals surface area contributed by atoms with Crippen LogP contribution < -0.4 is 10.6 Å². The number of carbonyl (C=O) groups is 2. The molecule has 0 radical (unpaired) electrons. The first-order valence-corrected chi connectivity index (χ1v) is 9.45. The van der Waals surface area contributed by atoms with Gasteiger partial charge >= 0.3 is 0 Å². The molecule has 0 unspecified atom stereocenters. The van der Waals surface area contributed by atoms with Gasteiger partial charge in [-0.25, -0.2) is 0 Å². The van der Waals surface area contributed by atoms with Gasteiger partial charge in [0.15, 0.2) is 0 Å². The van der Waals surface area contributed by atoms with E-state index in [2.05, 4.69) is 42.7 Å². The summed E-state index contributed by atoms with van der Waals surface area (Å²) in [5, 5.41) is 5.65. The second-order valence-corrected chi connectivity index (χ2v) is 7.62. The molecule has 136 valence electrons. The van der Waals surface area contributed by atoms with Gasteiger partial charge in [0, 0.05) is 28.6 Å². The monoisotopic (exact) mass is 369 g/mol. The van der Waals surface area contributed by atoms with E-state index in [4.69, 9.17) is 0 Å². The molecule has 2 aromatic carbocycles. The Labute approximate surface area is 158 Å². The largest absolute Gasteiger partial charge is 0.354 e. The molecular formula is C20H23N3O2S. The first-order valence-electron chi connectivity index (χ1n) is 8.64. The number of carbonyl (C=O) groups excluding carboxylic acids is 2. The van der Waals surface area contributed by atoms with E-state index in [-0.39, 0.29) is 24.9 Å². The minimum absolute atomic E-state index is 0.0307. The van der Waals surface area contributed by atoms with Crippen LogP contribution >= 0.6 is 11.8 Å². The van der Waals surface area contributed by atoms with Crippen molar-refractivity contribution in [1.82, 2.24) is 10.2 Å². The Hall–Kier alpha value is -2.31. The third-order valence-electron chi connectivity index (χ3n) is 4.19. The molecule has 2 N–H and O–H groups in total. The third kappa shape index (κ3) is 5.09. The molecule has 6 heteroatoms. The van der Waals surface area contributed by atoms with E-state index in [0.29, 0.717) is 13.1 Å². The number of anilines is 1. The number of hydrogen-bond donors (Lipinski definition) is 2. The molecule has 3 rings (SSSR count). The minimum atomic E-state index is -0.102. The van der Waals surface area contributed by atoms with Gasteiger partial charge in [0.1, 0.15) is 0 Å². The summed E-state index contributed by atoms with van der Waals surface area (Å²) in [5.41, 5.74) is 3.26. The summed E-state index contributed by atoms with van der Waals surface area (Å²) < 4.78 is 0. The maximum absolute atomic E-state index is 12.2. The summed E-state index contributed by atoms with van der Waals surface area (Å²) in [6.45, 7) is 6.00. The lowest BCUT2D eigenvalue weighted by Gasteiger charge is -2.25. The van der Waals surface area contributed by atoms with E-state index in [9.17, 15) is 9.59 Å². The van der Waals surface area contributed by atoms with Gasteiger partial charge in [0.2, 0.25) is 11.8 Å². The van der Waals surface area contributed by atoms with Crippen LogP contribution in [0.2, 0.25) is 0 Å². The molecule has 0 saturated carbocycles. The van der Waals surface area contributed by atoms with Gasteiger partial charge in [0.25, 0.3) is 0 Å². The first kappa shape index (κ1) is 18.5. The zero-order valence-corrected chi connectivity index (χ0v) is 15.9. The Balaban J connectivity index is 1.56. The van der Waals surface area contributed by atoms with E-state index in [0.717, 1.165) is 10.6 Å². The molecule has 0 atom stereocenters. The van der Waals surface area contributed by atoms with Crippen molar-refractivity contribution >= 4 is 29.3 Å². The van der Waals surface area contributed by atoms with E-state index >= 15 is 0 Å². The molecular weight excluding hydrogens is 346 g/mol. The van der Waals surface area contributed by atoms with E-state index < -0.39 is 0 Å². The maximum atomic E-state index is 12.2. The molecule has 5 nitrogen and oxygen atoms in total. The summed E-state index contributed by atoms with van der Waals surface area (Å²) in [4.78, 5) is 27.7. The molecule has 0 aromatic heterocycles. The van der Waals surface area contributed by atoms with Gasteiger partial charge < -0.3 is 10.6 Å². The SMILES string of the molecule is Cc1ccc(C)c(Sc2ccc(NC(=O)CN3CCNC(=O)C3)cc2)c1. The fourth-order valence-corrected chi connectivity index (χ4v) is 3.78. The number of piperazine rings is 1. The molecule has 26 heavy (non-hydrogen) atoms. The predicted octanol–water partition coefficient (Wildman–Crippen LogP) is 2.82. The number of amides is 2. The maximum Gasteiger partial charge on any atom is 0.238 e. The van der Waals surface area contributed by atoms with Crippen LogP contribution in [0.1, 0.15) is 11.1 Å². The van der Waals surface area contributed by atoms with Crippen LogP contribution in [0.25, 0.3) is 0 Å². The summed E-state index contributed by atoms with van der Waals surface area (Å²) in [5.74, 6) is -0.133. The molecule has 0 aliphatic carbocycles. The Morgan fingerprint density at radius 2 is 1.96 bits per heavy atom. The van der Waals surface area contributed by atoms with Crippen molar-refractivity contribution in [3.05, 3.63) is 53.6 Å². The second-order valence-electron chi connectivity index (χ2n) is 6.50. The Bertz CT molecular complexity index is 805. The van der Waals surface area contributed by atoms with Crippen molar-refractivity contribution in [1.29, 1.82) is 0 Å². The van der Waals surface area contributed by atoms with Crippen molar-refractivity contribution in [3.63, 3.8) is 0 Å². The van der Waals surface area contributed by atoms with Crippen molar-refractivity contribution in [3.8, 4) is 0 Å². The first-order chi connectivity index (χ1) is 12.5. The smallest absolute Gasteiger partial charge is 0.238 e. The molecule has 1 saturated heterocycles. The molecule has 1 aliphatic heterocycles. The van der Waals surface area contributed by atoms with Crippen LogP contribution in [0.15, 0.2) is 52.3 Å². The van der Waals surface area contributed by atoms with E-state index in [1.807, 2.05) is 29.2 Å². The Morgan fingerprint density at radius 1 is 1.19 bits per heavy atom. The molecule has 1 fully saturated rings. The number of nitrogens with zero attached hydrogens (tertiary/aromatic N) is 1. The topological polar surface area (TPSA) is 61.4 Å². The number of benzene rings is 2. The fraction of sp³-hybridized carbons (Fsp3) is 0.300. The van der Waals surface area contributed by atoms with Crippen LogP contribution in [0.4, 0.5) is 5.69 Å². The molecule has 2 amide bonds. The van der Waals surface area contributed by atoms with Gasteiger partial charge in [-0.3, -0.25) is 14.5 Å². The standard InChI is InChI=1S/C20H23N3O2S/c1-14-3-4-15(2)18(11-14)26-17-7-5-16(6-8-17)22-20(25)13-23-10-9-21-19(24)12-23/h3-8,11H,9-10,12-13H2,1-2H3,(H,21,24)(H,22,25). The lowest BCUT2D eigenvalue weighted by molar-refractivity contribution is -0.125. The number of aryl methyl sites for hydroxylation is 2. The van der Waals surface area contributed by atoms with Crippen LogP contribution in [0, 0.1) is 13.8 Å². The highest BCUT2D eigenvalue weighted by molar-refractivity contribution is 7.99. The van der Waals surface area contributed by atoms with Crippen molar-refractivity contribution < 1.29 is 9.59 Å². The zero-order valence-electron chi connectivity index (χ0n) is 15.0. The second kappa shape index (κ2) is 8.38. The lowest BCUT2D eigenvalue weighted by Crippen LogP contribution is -2.49. The lowest BCUT2D eigenvalue weighted by atomic mass is 10.2. The van der Waals surface area contributed by atoms with Crippen LogP contribution in [0.5, 0.6) is 0 Å². The predicted molar refractivity (Wildman–Crippen MR) is 105 cm³/mol. The van der Waals surface area contributed by atoms with Crippen molar-refractivity contribution in [2.75, 3.05) is 31.5 Å². The Kier molecular flexibility index (Phi) is 5.96. The van der Waals surface area contributed by atoms with Crippen LogP contribution in [-0.4, -0.2) is 42.9 Å². The molecule has 2 aromatic rings. The minimum Gasteiger partial charge on any atom is -0.354 e. The number of nitrogens with one attached hydrogen (secondary N) is 2. The van der Waals surface area contributed by atoms with Gasteiger partial charge in [-0.1, -0.05) is 23.9 Å². The van der Waals surface area contributed by atoms with Crippen LogP contribution in [0.3, 0.4) is 0 Å². The highest BCUT2D eigenvalue weighted by Gasteiger charge is 2.18. The molecule has 0 spiro atoms. The zero-order chi connectivity index (χ0) is 18.5. The molecule has 0 bridgehead atoms. The van der Waals surface area contributed by atoms with E-state index in [1.54, 1.807) is 11.8 Å². The van der Waals surface area contributed by atoms with Gasteiger partial charge in [0.05, 0.1) is 13.1 Å². The van der Waals surface area contributed by atoms with E-state index in [1.165, 1.54) is 16.0 Å². The highest BCUT2D eigenvalue weighted by Crippen LogP contribution is 2.31. The quantitative estimate of drug-likeness (QED) is 0.851. The van der Waals surface area contributed by atoms with Gasteiger partial charge in [-0.2, -0.15) is 0 Å². The Morgan fingerprint density at radius 3 is 2.69 bits per heavy atom. The fourth-order valence-electron chi connectivity index (χ4n) is 2.78. The molecule has 1 heterocycles. The van der Waals surface area contributed by atoms with Gasteiger partial charge in [-0.15, -0.1) is 0 Å². The van der Waals surface area contributed by atoms with Gasteiger partial charge in [-0.05, 0) is 55.3 Å². The third-order valence-corrected chi connectivity index (χ3v) is 5.36. The van der Waals surface area contributed by atoms with Crippen molar-refractivity contribution in [2.45, 2.75) is 23.6 Å². The average molecular weight is 369 g/mol. The summed E-state index contributed by atoms with van der Waals surface area (Å²) in [6.07, 6.45) is 0. The highest BCUT2D eigenvalue weighted by atomic mass is 32.2. The molecule has 1 aliphatic rings.